The van der Waals surface area contributed by atoms with Gasteiger partial charge in [-0.25, -0.2) is 4.98 Å². The summed E-state index contributed by atoms with van der Waals surface area (Å²) in [5.74, 6) is 0.627. The lowest BCUT2D eigenvalue weighted by atomic mass is 10.1. The first-order chi connectivity index (χ1) is 14.5. The monoisotopic (exact) mass is 439 g/mol. The van der Waals surface area contributed by atoms with Crippen molar-refractivity contribution in [1.29, 1.82) is 0 Å². The molecule has 3 heterocycles. The number of benzene rings is 1. The van der Waals surface area contributed by atoms with Gasteiger partial charge < -0.3 is 14.2 Å². The van der Waals surface area contributed by atoms with E-state index in [2.05, 4.69) is 4.98 Å². The van der Waals surface area contributed by atoms with Gasteiger partial charge in [0.1, 0.15) is 10.6 Å². The van der Waals surface area contributed by atoms with Crippen molar-refractivity contribution >= 4 is 38.8 Å². The maximum absolute atomic E-state index is 13.6. The summed E-state index contributed by atoms with van der Waals surface area (Å²) >= 11 is 2.88. The standard InChI is InChI=1S/C22H21N3O3S2/c1-14-18-20(23-13-24(2)21(18)26)30-19(14)22(27)25(12-16-8-6-10-29-16)11-15-7-4-5-9-17(15)28-3/h4-10,13H,11-12H2,1-3H3. The number of carbonyl (C=O) groups excluding carboxylic acids is 1. The molecular formula is C22H21N3O3S2. The number of rotatable bonds is 6. The summed E-state index contributed by atoms with van der Waals surface area (Å²) in [6.07, 6.45) is 1.49. The van der Waals surface area contributed by atoms with Gasteiger partial charge in [-0.3, -0.25) is 9.59 Å². The normalized spacial score (nSPS) is 11.0. The predicted octanol–water partition coefficient (Wildman–Crippen LogP) is 4.22. The molecule has 0 N–H and O–H groups in total. The number of thiophene rings is 2. The van der Waals surface area contributed by atoms with Gasteiger partial charge in [0, 0.05) is 17.5 Å². The second-order valence-electron chi connectivity index (χ2n) is 6.95. The van der Waals surface area contributed by atoms with E-state index in [1.54, 1.807) is 30.4 Å². The van der Waals surface area contributed by atoms with E-state index >= 15 is 0 Å². The zero-order chi connectivity index (χ0) is 21.3. The molecule has 4 aromatic rings. The van der Waals surface area contributed by atoms with E-state index in [1.165, 1.54) is 22.2 Å². The Morgan fingerprint density at radius 2 is 2.00 bits per heavy atom. The van der Waals surface area contributed by atoms with Crippen LogP contribution in [-0.2, 0) is 20.1 Å². The minimum Gasteiger partial charge on any atom is -0.496 e. The number of amides is 1. The molecule has 0 saturated heterocycles. The molecule has 0 bridgehead atoms. The summed E-state index contributed by atoms with van der Waals surface area (Å²) in [7, 11) is 3.29. The van der Waals surface area contributed by atoms with Gasteiger partial charge in [-0.2, -0.15) is 0 Å². The lowest BCUT2D eigenvalue weighted by Gasteiger charge is -2.23. The van der Waals surface area contributed by atoms with Crippen molar-refractivity contribution in [2.75, 3.05) is 7.11 Å². The Kier molecular flexibility index (Phi) is 5.69. The molecule has 0 spiro atoms. The van der Waals surface area contributed by atoms with E-state index in [0.29, 0.717) is 33.7 Å². The minimum absolute atomic E-state index is 0.114. The molecule has 0 aliphatic carbocycles. The van der Waals surface area contributed by atoms with Crippen molar-refractivity contribution < 1.29 is 9.53 Å². The summed E-state index contributed by atoms with van der Waals surface area (Å²) in [5, 5.41) is 2.51. The lowest BCUT2D eigenvalue weighted by Crippen LogP contribution is -2.30. The average molecular weight is 440 g/mol. The molecule has 0 radical (unpaired) electrons. The van der Waals surface area contributed by atoms with Gasteiger partial charge in [-0.05, 0) is 30.0 Å². The Morgan fingerprint density at radius 1 is 1.20 bits per heavy atom. The highest BCUT2D eigenvalue weighted by molar-refractivity contribution is 7.20. The van der Waals surface area contributed by atoms with Gasteiger partial charge in [0.15, 0.2) is 0 Å². The molecule has 0 aliphatic heterocycles. The molecule has 6 nitrogen and oxygen atoms in total. The van der Waals surface area contributed by atoms with Crippen molar-refractivity contribution in [3.63, 3.8) is 0 Å². The molecule has 0 saturated carbocycles. The number of hydrogen-bond donors (Lipinski definition) is 0. The lowest BCUT2D eigenvalue weighted by molar-refractivity contribution is 0.0735. The van der Waals surface area contributed by atoms with E-state index in [9.17, 15) is 9.59 Å². The molecule has 0 atom stereocenters. The van der Waals surface area contributed by atoms with Gasteiger partial charge in [0.25, 0.3) is 11.5 Å². The van der Waals surface area contributed by atoms with Crippen LogP contribution in [0.3, 0.4) is 0 Å². The van der Waals surface area contributed by atoms with E-state index in [0.717, 1.165) is 16.2 Å². The number of methoxy groups -OCH3 is 1. The smallest absolute Gasteiger partial charge is 0.264 e. The summed E-state index contributed by atoms with van der Waals surface area (Å²) in [4.78, 5) is 34.6. The Balaban J connectivity index is 1.76. The Morgan fingerprint density at radius 3 is 2.73 bits per heavy atom. The van der Waals surface area contributed by atoms with Crippen molar-refractivity contribution in [3.05, 3.63) is 79.3 Å². The number of aromatic nitrogens is 2. The quantitative estimate of drug-likeness (QED) is 0.451. The maximum atomic E-state index is 13.6. The van der Waals surface area contributed by atoms with Gasteiger partial charge >= 0.3 is 0 Å². The van der Waals surface area contributed by atoms with E-state index < -0.39 is 0 Å². The molecule has 0 unspecified atom stereocenters. The Hall–Kier alpha value is -2.97. The van der Waals surface area contributed by atoms with Crippen LogP contribution in [0, 0.1) is 6.92 Å². The van der Waals surface area contributed by atoms with Crippen LogP contribution >= 0.6 is 22.7 Å². The highest BCUT2D eigenvalue weighted by atomic mass is 32.1. The number of aryl methyl sites for hydroxylation is 2. The number of nitrogens with zero attached hydrogens (tertiary/aromatic N) is 3. The number of para-hydroxylation sites is 1. The van der Waals surface area contributed by atoms with Gasteiger partial charge in [-0.15, -0.1) is 22.7 Å². The van der Waals surface area contributed by atoms with Crippen molar-refractivity contribution in [1.82, 2.24) is 14.5 Å². The highest BCUT2D eigenvalue weighted by Gasteiger charge is 2.25. The van der Waals surface area contributed by atoms with Crippen LogP contribution in [0.5, 0.6) is 5.75 Å². The van der Waals surface area contributed by atoms with Crippen molar-refractivity contribution in [2.24, 2.45) is 7.05 Å². The summed E-state index contributed by atoms with van der Waals surface area (Å²) in [6.45, 7) is 2.70. The molecule has 0 aliphatic rings. The predicted molar refractivity (Wildman–Crippen MR) is 120 cm³/mol. The highest BCUT2D eigenvalue weighted by Crippen LogP contribution is 2.30. The second-order valence-corrected chi connectivity index (χ2v) is 8.98. The number of ether oxygens (including phenoxy) is 1. The molecule has 30 heavy (non-hydrogen) atoms. The molecule has 154 valence electrons. The first-order valence-corrected chi connectivity index (χ1v) is 11.1. The third-order valence-electron chi connectivity index (χ3n) is 4.97. The molecule has 0 fully saturated rings. The van der Waals surface area contributed by atoms with Gasteiger partial charge in [0.2, 0.25) is 0 Å². The van der Waals surface area contributed by atoms with Crippen molar-refractivity contribution in [2.45, 2.75) is 20.0 Å². The second kappa shape index (κ2) is 8.41. The van der Waals surface area contributed by atoms with Crippen LogP contribution in [0.2, 0.25) is 0 Å². The summed E-state index contributed by atoms with van der Waals surface area (Å²) < 4.78 is 6.92. The van der Waals surface area contributed by atoms with E-state index in [1.807, 2.05) is 48.7 Å². The largest absolute Gasteiger partial charge is 0.496 e. The zero-order valence-corrected chi connectivity index (χ0v) is 18.5. The Bertz CT molecular complexity index is 1260. The molecule has 4 rings (SSSR count). The van der Waals surface area contributed by atoms with Gasteiger partial charge in [0.05, 0.1) is 36.8 Å². The fourth-order valence-electron chi connectivity index (χ4n) is 3.39. The number of carbonyl (C=O) groups is 1. The molecule has 1 aromatic carbocycles. The Labute approximate surface area is 182 Å². The number of hydrogen-bond acceptors (Lipinski definition) is 6. The fourth-order valence-corrected chi connectivity index (χ4v) is 5.21. The van der Waals surface area contributed by atoms with Crippen LogP contribution in [0.15, 0.2) is 52.9 Å². The first-order valence-electron chi connectivity index (χ1n) is 9.38. The van der Waals surface area contributed by atoms with E-state index in [4.69, 9.17) is 4.74 Å². The maximum Gasteiger partial charge on any atom is 0.264 e. The zero-order valence-electron chi connectivity index (χ0n) is 16.9. The van der Waals surface area contributed by atoms with Crippen LogP contribution < -0.4 is 10.3 Å². The fraction of sp³-hybridized carbons (Fsp3) is 0.227. The first kappa shape index (κ1) is 20.3. The van der Waals surface area contributed by atoms with Crippen LogP contribution in [-0.4, -0.2) is 27.5 Å². The van der Waals surface area contributed by atoms with E-state index in [-0.39, 0.29) is 11.5 Å². The van der Waals surface area contributed by atoms with Crippen molar-refractivity contribution in [3.8, 4) is 5.75 Å². The molecule has 8 heteroatoms. The molecule has 1 amide bonds. The average Bonchev–Trinajstić information content (AvgIpc) is 3.38. The van der Waals surface area contributed by atoms with Crippen LogP contribution in [0.25, 0.3) is 10.2 Å². The minimum atomic E-state index is -0.137. The molecular weight excluding hydrogens is 418 g/mol. The summed E-state index contributed by atoms with van der Waals surface area (Å²) in [5.41, 5.74) is 1.48. The third kappa shape index (κ3) is 3.76. The van der Waals surface area contributed by atoms with Crippen LogP contribution in [0.4, 0.5) is 0 Å². The topological polar surface area (TPSA) is 64.4 Å². The summed E-state index contributed by atoms with van der Waals surface area (Å²) in [6, 6.07) is 11.7. The SMILES string of the molecule is COc1ccccc1CN(Cc1cccs1)C(=O)c1sc2ncn(C)c(=O)c2c1C. The molecule has 3 aromatic heterocycles. The van der Waals surface area contributed by atoms with Gasteiger partial charge in [-0.1, -0.05) is 24.3 Å². The third-order valence-corrected chi connectivity index (χ3v) is 7.02. The van der Waals surface area contributed by atoms with Crippen LogP contribution in [0.1, 0.15) is 25.7 Å². The number of fused-ring (bicyclic) bond motifs is 1.